The van der Waals surface area contributed by atoms with Crippen molar-refractivity contribution >= 4 is 40.7 Å². The highest BCUT2D eigenvalue weighted by Crippen LogP contribution is 2.16. The predicted octanol–water partition coefficient (Wildman–Crippen LogP) is 3.74. The highest BCUT2D eigenvalue weighted by Gasteiger charge is 2.05. The number of rotatable bonds is 4. The fraction of sp³-hybridized carbons (Fsp3) is 0.111. The third kappa shape index (κ3) is 5.50. The van der Waals surface area contributed by atoms with Crippen LogP contribution in [0, 0.1) is 24.0 Å². The molecule has 0 heterocycles. The van der Waals surface area contributed by atoms with Crippen molar-refractivity contribution in [3.8, 4) is 0 Å². The van der Waals surface area contributed by atoms with Gasteiger partial charge < -0.3 is 5.32 Å². The Morgan fingerprint density at radius 2 is 1.84 bits per heavy atom. The molecule has 25 heavy (non-hydrogen) atoms. The second-order valence-corrected chi connectivity index (χ2v) is 5.85. The summed E-state index contributed by atoms with van der Waals surface area (Å²) in [6.45, 7) is 3.92. The van der Waals surface area contributed by atoms with E-state index in [0.717, 1.165) is 16.8 Å². The molecule has 0 saturated carbocycles. The van der Waals surface area contributed by atoms with Crippen LogP contribution >= 0.6 is 12.2 Å². The number of hydrogen-bond donors (Lipinski definition) is 2. The van der Waals surface area contributed by atoms with Crippen LogP contribution in [0.25, 0.3) is 6.08 Å². The maximum absolute atomic E-state index is 11.9. The van der Waals surface area contributed by atoms with Gasteiger partial charge in [0.05, 0.1) is 4.92 Å². The largest absolute Gasteiger partial charge is 0.332 e. The molecule has 0 spiro atoms. The van der Waals surface area contributed by atoms with Crippen molar-refractivity contribution in [1.29, 1.82) is 0 Å². The van der Waals surface area contributed by atoms with E-state index in [1.54, 1.807) is 18.2 Å². The van der Waals surface area contributed by atoms with Crippen molar-refractivity contribution in [3.05, 3.63) is 75.3 Å². The van der Waals surface area contributed by atoms with E-state index in [2.05, 4.69) is 10.6 Å². The molecule has 0 aromatic heterocycles. The Morgan fingerprint density at radius 3 is 2.48 bits per heavy atom. The van der Waals surface area contributed by atoms with Gasteiger partial charge in [-0.3, -0.25) is 20.2 Å². The Morgan fingerprint density at radius 1 is 1.16 bits per heavy atom. The first-order chi connectivity index (χ1) is 11.8. The molecule has 6 nitrogen and oxygen atoms in total. The quantitative estimate of drug-likeness (QED) is 0.378. The minimum atomic E-state index is -0.475. The van der Waals surface area contributed by atoms with Crippen LogP contribution in [0.15, 0.2) is 48.5 Å². The molecule has 2 N–H and O–H groups in total. The first kappa shape index (κ1) is 18.3. The smallest absolute Gasteiger partial charge is 0.269 e. The SMILES string of the molecule is Cc1ccc(C)c(NC(=S)NC(=O)/C=C/c2ccc([N+](=O)[O-])cc2)c1. The number of non-ortho nitro benzene ring substituents is 1. The molecule has 0 atom stereocenters. The fourth-order valence-corrected chi connectivity index (χ4v) is 2.27. The summed E-state index contributed by atoms with van der Waals surface area (Å²) in [5, 5.41) is 16.3. The molecule has 0 unspecified atom stereocenters. The van der Waals surface area contributed by atoms with Crippen molar-refractivity contribution < 1.29 is 9.72 Å². The Labute approximate surface area is 150 Å². The molecule has 1 amide bonds. The zero-order chi connectivity index (χ0) is 18.4. The number of nitrogens with zero attached hydrogens (tertiary/aromatic N) is 1. The number of anilines is 1. The number of nitro benzene ring substituents is 1. The number of thiocarbonyl (C=S) groups is 1. The standard InChI is InChI=1S/C18H17N3O3S/c1-12-3-4-13(2)16(11-12)19-18(25)20-17(22)10-7-14-5-8-15(9-6-14)21(23)24/h3-11H,1-2H3,(H2,19,20,22,25)/b10-7+. The normalized spacial score (nSPS) is 10.5. The number of aryl methyl sites for hydroxylation is 2. The van der Waals surface area contributed by atoms with Gasteiger partial charge in [-0.1, -0.05) is 12.1 Å². The Bertz CT molecular complexity index is 845. The summed E-state index contributed by atoms with van der Waals surface area (Å²) in [5.74, 6) is -0.388. The Hall–Kier alpha value is -3.06. The van der Waals surface area contributed by atoms with Gasteiger partial charge >= 0.3 is 0 Å². The lowest BCUT2D eigenvalue weighted by molar-refractivity contribution is -0.384. The number of carbonyl (C=O) groups is 1. The van der Waals surface area contributed by atoms with Crippen molar-refractivity contribution in [2.45, 2.75) is 13.8 Å². The zero-order valence-electron chi connectivity index (χ0n) is 13.8. The summed E-state index contributed by atoms with van der Waals surface area (Å²) in [6, 6.07) is 11.8. The third-order valence-electron chi connectivity index (χ3n) is 3.41. The maximum atomic E-state index is 11.9. The minimum absolute atomic E-state index is 0.000466. The molecule has 0 aliphatic heterocycles. The van der Waals surface area contributed by atoms with Gasteiger partial charge in [0, 0.05) is 23.9 Å². The van der Waals surface area contributed by atoms with Crippen LogP contribution < -0.4 is 10.6 Å². The summed E-state index contributed by atoms with van der Waals surface area (Å²) in [6.07, 6.45) is 2.87. The van der Waals surface area contributed by atoms with Gasteiger partial charge in [-0.2, -0.15) is 0 Å². The second-order valence-electron chi connectivity index (χ2n) is 5.44. The second kappa shape index (κ2) is 8.16. The molecule has 2 rings (SSSR count). The van der Waals surface area contributed by atoms with Crippen molar-refractivity contribution in [3.63, 3.8) is 0 Å². The Kier molecular flexibility index (Phi) is 5.97. The molecule has 0 aliphatic carbocycles. The van der Waals surface area contributed by atoms with Gasteiger partial charge in [-0.05, 0) is 67.0 Å². The number of hydrogen-bond acceptors (Lipinski definition) is 4. The average Bonchev–Trinajstić information content (AvgIpc) is 2.56. The molecule has 0 radical (unpaired) electrons. The number of benzene rings is 2. The highest BCUT2D eigenvalue weighted by molar-refractivity contribution is 7.80. The molecular weight excluding hydrogens is 338 g/mol. The molecule has 0 bridgehead atoms. The lowest BCUT2D eigenvalue weighted by Crippen LogP contribution is -2.33. The van der Waals surface area contributed by atoms with Gasteiger partial charge in [0.15, 0.2) is 5.11 Å². The zero-order valence-corrected chi connectivity index (χ0v) is 14.6. The molecule has 0 fully saturated rings. The van der Waals surface area contributed by atoms with E-state index >= 15 is 0 Å². The molecule has 2 aromatic carbocycles. The van der Waals surface area contributed by atoms with E-state index in [0.29, 0.717) is 5.56 Å². The summed E-state index contributed by atoms with van der Waals surface area (Å²) >= 11 is 5.14. The number of carbonyl (C=O) groups excluding carboxylic acids is 1. The third-order valence-corrected chi connectivity index (χ3v) is 3.61. The molecule has 0 saturated heterocycles. The molecule has 7 heteroatoms. The van der Waals surface area contributed by atoms with Gasteiger partial charge in [0.25, 0.3) is 5.69 Å². The van der Waals surface area contributed by atoms with Crippen LogP contribution in [0.5, 0.6) is 0 Å². The number of nitrogens with one attached hydrogen (secondary N) is 2. The van der Waals surface area contributed by atoms with E-state index in [-0.39, 0.29) is 16.7 Å². The van der Waals surface area contributed by atoms with E-state index in [4.69, 9.17) is 12.2 Å². The van der Waals surface area contributed by atoms with E-state index in [9.17, 15) is 14.9 Å². The van der Waals surface area contributed by atoms with Crippen LogP contribution in [0.3, 0.4) is 0 Å². The van der Waals surface area contributed by atoms with Gasteiger partial charge in [-0.15, -0.1) is 0 Å². The van der Waals surface area contributed by atoms with Crippen LogP contribution in [-0.2, 0) is 4.79 Å². The van der Waals surface area contributed by atoms with Crippen LogP contribution in [0.2, 0.25) is 0 Å². The number of nitro groups is 1. The predicted molar refractivity (Wildman–Crippen MR) is 102 cm³/mol. The summed E-state index contributed by atoms with van der Waals surface area (Å²) in [4.78, 5) is 22.0. The monoisotopic (exact) mass is 355 g/mol. The summed E-state index contributed by atoms with van der Waals surface area (Å²) < 4.78 is 0. The number of amides is 1. The molecule has 2 aromatic rings. The lowest BCUT2D eigenvalue weighted by Gasteiger charge is -2.11. The minimum Gasteiger partial charge on any atom is -0.332 e. The molecule has 0 aliphatic rings. The molecular formula is C18H17N3O3S. The van der Waals surface area contributed by atoms with Gasteiger partial charge in [0.2, 0.25) is 5.91 Å². The van der Waals surface area contributed by atoms with E-state index in [1.807, 2.05) is 32.0 Å². The van der Waals surface area contributed by atoms with Crippen LogP contribution in [-0.4, -0.2) is 15.9 Å². The molecule has 128 valence electrons. The van der Waals surface area contributed by atoms with Crippen LogP contribution in [0.1, 0.15) is 16.7 Å². The van der Waals surface area contributed by atoms with Crippen molar-refractivity contribution in [1.82, 2.24) is 5.32 Å². The summed E-state index contributed by atoms with van der Waals surface area (Å²) in [5.41, 5.74) is 3.61. The van der Waals surface area contributed by atoms with E-state index < -0.39 is 4.92 Å². The maximum Gasteiger partial charge on any atom is 0.269 e. The Balaban J connectivity index is 1.93. The topological polar surface area (TPSA) is 84.3 Å². The first-order valence-electron chi connectivity index (χ1n) is 7.47. The van der Waals surface area contributed by atoms with Gasteiger partial charge in [-0.25, -0.2) is 0 Å². The highest BCUT2D eigenvalue weighted by atomic mass is 32.1. The van der Waals surface area contributed by atoms with Gasteiger partial charge in [0.1, 0.15) is 0 Å². The fourth-order valence-electron chi connectivity index (χ4n) is 2.06. The average molecular weight is 355 g/mol. The van der Waals surface area contributed by atoms with Crippen molar-refractivity contribution in [2.24, 2.45) is 0 Å². The summed E-state index contributed by atoms with van der Waals surface area (Å²) in [7, 11) is 0. The lowest BCUT2D eigenvalue weighted by atomic mass is 10.1. The van der Waals surface area contributed by atoms with Crippen molar-refractivity contribution in [2.75, 3.05) is 5.32 Å². The first-order valence-corrected chi connectivity index (χ1v) is 7.88. The van der Waals surface area contributed by atoms with E-state index in [1.165, 1.54) is 18.2 Å². The van der Waals surface area contributed by atoms with Crippen LogP contribution in [0.4, 0.5) is 11.4 Å².